The van der Waals surface area contributed by atoms with Crippen molar-refractivity contribution in [3.63, 3.8) is 0 Å². The van der Waals surface area contributed by atoms with Crippen LogP contribution in [0, 0.1) is 5.92 Å². The number of rotatable bonds is 4. The molecule has 2 N–H and O–H groups in total. The second kappa shape index (κ2) is 5.39. The second-order valence-corrected chi connectivity index (χ2v) is 6.00. The van der Waals surface area contributed by atoms with E-state index in [9.17, 15) is 0 Å². The number of nitrogens with zero attached hydrogens (tertiary/aromatic N) is 2. The maximum atomic E-state index is 6.47. The molecule has 1 aromatic heterocycles. The lowest BCUT2D eigenvalue weighted by atomic mass is 9.75. The molecule has 0 amide bonds. The fraction of sp³-hybridized carbons (Fsp3) is 0.857. The predicted molar refractivity (Wildman–Crippen MR) is 71.1 cm³/mol. The van der Waals surface area contributed by atoms with Crippen molar-refractivity contribution in [2.75, 3.05) is 0 Å². The molecule has 2 rings (SSSR count). The molecule has 102 valence electrons. The summed E-state index contributed by atoms with van der Waals surface area (Å²) in [6.45, 7) is 6.36. The maximum Gasteiger partial charge on any atom is 0.229 e. The van der Waals surface area contributed by atoms with E-state index in [-0.39, 0.29) is 11.5 Å². The van der Waals surface area contributed by atoms with Gasteiger partial charge in [0.2, 0.25) is 5.89 Å². The molecule has 0 atom stereocenters. The van der Waals surface area contributed by atoms with Gasteiger partial charge in [-0.25, -0.2) is 0 Å². The van der Waals surface area contributed by atoms with Crippen molar-refractivity contribution < 1.29 is 4.52 Å². The molecule has 4 heteroatoms. The average molecular weight is 251 g/mol. The summed E-state index contributed by atoms with van der Waals surface area (Å²) in [5, 5.41) is 4.09. The molecule has 0 saturated heterocycles. The van der Waals surface area contributed by atoms with Crippen LogP contribution in [0.5, 0.6) is 0 Å². The normalized spacial score (nSPS) is 28.8. The van der Waals surface area contributed by atoms with Gasteiger partial charge in [-0.2, -0.15) is 4.98 Å². The lowest BCUT2D eigenvalue weighted by Crippen LogP contribution is -2.41. The summed E-state index contributed by atoms with van der Waals surface area (Å²) < 4.78 is 5.28. The van der Waals surface area contributed by atoms with Crippen LogP contribution in [-0.4, -0.2) is 10.1 Å². The van der Waals surface area contributed by atoms with E-state index in [0.29, 0.717) is 11.7 Å². The monoisotopic (exact) mass is 251 g/mol. The van der Waals surface area contributed by atoms with E-state index in [1.165, 1.54) is 25.7 Å². The number of aromatic nitrogens is 2. The van der Waals surface area contributed by atoms with Gasteiger partial charge in [0.05, 0.1) is 5.54 Å². The first-order valence-corrected chi connectivity index (χ1v) is 7.18. The van der Waals surface area contributed by atoms with Crippen molar-refractivity contribution in [3.05, 3.63) is 11.7 Å². The smallest absolute Gasteiger partial charge is 0.229 e. The maximum absolute atomic E-state index is 6.47. The van der Waals surface area contributed by atoms with Crippen LogP contribution in [0.25, 0.3) is 0 Å². The zero-order valence-corrected chi connectivity index (χ0v) is 11.8. The Hall–Kier alpha value is -0.900. The van der Waals surface area contributed by atoms with Crippen LogP contribution in [0.3, 0.4) is 0 Å². The number of hydrogen-bond acceptors (Lipinski definition) is 4. The number of nitrogens with two attached hydrogens (primary N) is 1. The van der Waals surface area contributed by atoms with E-state index in [2.05, 4.69) is 30.9 Å². The minimum atomic E-state index is -0.360. The van der Waals surface area contributed by atoms with Crippen LogP contribution in [0.4, 0.5) is 0 Å². The molecule has 1 aromatic rings. The van der Waals surface area contributed by atoms with Gasteiger partial charge in [0.25, 0.3) is 0 Å². The van der Waals surface area contributed by atoms with Crippen molar-refractivity contribution in [3.8, 4) is 0 Å². The summed E-state index contributed by atoms with van der Waals surface area (Å²) in [5.41, 5.74) is 6.11. The number of hydrogen-bond donors (Lipinski definition) is 1. The SMILES string of the molecule is CCCC1CCC(N)(c2noc(C(C)C)n2)CC1. The van der Waals surface area contributed by atoms with Gasteiger partial charge in [0.1, 0.15) is 0 Å². The highest BCUT2D eigenvalue weighted by Crippen LogP contribution is 2.38. The molecule has 1 fully saturated rings. The summed E-state index contributed by atoms with van der Waals surface area (Å²) in [7, 11) is 0. The van der Waals surface area contributed by atoms with E-state index in [1.54, 1.807) is 0 Å². The van der Waals surface area contributed by atoms with Crippen LogP contribution >= 0.6 is 0 Å². The third-order valence-electron chi connectivity index (χ3n) is 4.08. The van der Waals surface area contributed by atoms with Crippen LogP contribution in [-0.2, 0) is 5.54 Å². The van der Waals surface area contributed by atoms with Crippen molar-refractivity contribution in [2.24, 2.45) is 11.7 Å². The van der Waals surface area contributed by atoms with Gasteiger partial charge in [-0.05, 0) is 31.6 Å². The Bertz CT molecular complexity index is 378. The highest BCUT2D eigenvalue weighted by atomic mass is 16.5. The lowest BCUT2D eigenvalue weighted by molar-refractivity contribution is 0.211. The Morgan fingerprint density at radius 1 is 1.39 bits per heavy atom. The molecule has 0 radical (unpaired) electrons. The van der Waals surface area contributed by atoms with Crippen molar-refractivity contribution in [2.45, 2.75) is 70.8 Å². The van der Waals surface area contributed by atoms with Crippen LogP contribution in [0.2, 0.25) is 0 Å². The lowest BCUT2D eigenvalue weighted by Gasteiger charge is -2.34. The first-order valence-electron chi connectivity index (χ1n) is 7.18. The quantitative estimate of drug-likeness (QED) is 0.891. The highest BCUT2D eigenvalue weighted by molar-refractivity contribution is 5.06. The standard InChI is InChI=1S/C14H25N3O/c1-4-5-11-6-8-14(15,9-7-11)13-16-12(10(2)3)18-17-13/h10-11H,4-9,15H2,1-3H3. The average Bonchev–Trinajstić information content (AvgIpc) is 2.83. The molecule has 18 heavy (non-hydrogen) atoms. The fourth-order valence-electron chi connectivity index (χ4n) is 2.79. The Morgan fingerprint density at radius 3 is 2.56 bits per heavy atom. The Morgan fingerprint density at radius 2 is 2.06 bits per heavy atom. The summed E-state index contributed by atoms with van der Waals surface area (Å²) in [5.74, 6) is 2.51. The summed E-state index contributed by atoms with van der Waals surface area (Å²) in [6, 6.07) is 0. The second-order valence-electron chi connectivity index (χ2n) is 6.00. The van der Waals surface area contributed by atoms with Crippen LogP contribution in [0.1, 0.15) is 76.9 Å². The molecule has 0 aliphatic heterocycles. The van der Waals surface area contributed by atoms with E-state index in [1.807, 2.05) is 0 Å². The predicted octanol–water partition coefficient (Wildman–Crippen LogP) is 3.34. The Labute approximate surface area is 109 Å². The molecule has 1 heterocycles. The molecular formula is C14H25N3O. The fourth-order valence-corrected chi connectivity index (χ4v) is 2.79. The summed E-state index contributed by atoms with van der Waals surface area (Å²) >= 11 is 0. The molecule has 1 aliphatic carbocycles. The van der Waals surface area contributed by atoms with Gasteiger partial charge in [-0.3, -0.25) is 0 Å². The molecule has 4 nitrogen and oxygen atoms in total. The van der Waals surface area contributed by atoms with E-state index in [4.69, 9.17) is 10.3 Å². The highest BCUT2D eigenvalue weighted by Gasteiger charge is 2.37. The minimum Gasteiger partial charge on any atom is -0.339 e. The first-order chi connectivity index (χ1) is 8.55. The summed E-state index contributed by atoms with van der Waals surface area (Å²) in [4.78, 5) is 4.47. The molecular weight excluding hydrogens is 226 g/mol. The zero-order chi connectivity index (χ0) is 13.2. The van der Waals surface area contributed by atoms with Gasteiger partial charge in [-0.15, -0.1) is 0 Å². The van der Waals surface area contributed by atoms with Gasteiger partial charge in [-0.1, -0.05) is 38.8 Å². The Balaban J connectivity index is 2.03. The largest absolute Gasteiger partial charge is 0.339 e. The molecule has 1 saturated carbocycles. The van der Waals surface area contributed by atoms with Crippen molar-refractivity contribution >= 4 is 0 Å². The third kappa shape index (κ3) is 2.74. The zero-order valence-electron chi connectivity index (χ0n) is 11.8. The molecule has 0 aromatic carbocycles. The van der Waals surface area contributed by atoms with Crippen molar-refractivity contribution in [1.82, 2.24) is 10.1 Å². The Kier molecular flexibility index (Phi) is 4.05. The molecule has 1 aliphatic rings. The van der Waals surface area contributed by atoms with E-state index >= 15 is 0 Å². The van der Waals surface area contributed by atoms with Gasteiger partial charge < -0.3 is 10.3 Å². The minimum absolute atomic E-state index is 0.270. The topological polar surface area (TPSA) is 64.9 Å². The van der Waals surface area contributed by atoms with E-state index < -0.39 is 0 Å². The third-order valence-corrected chi connectivity index (χ3v) is 4.08. The molecule has 0 bridgehead atoms. The van der Waals surface area contributed by atoms with Crippen LogP contribution in [0.15, 0.2) is 4.52 Å². The van der Waals surface area contributed by atoms with Crippen molar-refractivity contribution in [1.29, 1.82) is 0 Å². The summed E-state index contributed by atoms with van der Waals surface area (Å²) in [6.07, 6.45) is 6.93. The van der Waals surface area contributed by atoms with Gasteiger partial charge in [0.15, 0.2) is 5.82 Å². The van der Waals surface area contributed by atoms with E-state index in [0.717, 1.165) is 18.8 Å². The van der Waals surface area contributed by atoms with Gasteiger partial charge >= 0.3 is 0 Å². The first kappa shape index (κ1) is 13.5. The van der Waals surface area contributed by atoms with Gasteiger partial charge in [0, 0.05) is 5.92 Å². The van der Waals surface area contributed by atoms with Crippen LogP contribution < -0.4 is 5.73 Å². The molecule has 0 unspecified atom stereocenters. The molecule has 0 spiro atoms.